The molecule has 0 radical (unpaired) electrons. The van der Waals surface area contributed by atoms with Crippen molar-refractivity contribution in [1.82, 2.24) is 10.3 Å². The van der Waals surface area contributed by atoms with Crippen molar-refractivity contribution in [2.45, 2.75) is 33.3 Å². The van der Waals surface area contributed by atoms with Crippen molar-refractivity contribution in [1.29, 1.82) is 0 Å². The van der Waals surface area contributed by atoms with Crippen molar-refractivity contribution >= 4 is 18.4 Å². The molecule has 5 heteroatoms. The van der Waals surface area contributed by atoms with Crippen molar-refractivity contribution in [3.05, 3.63) is 47.9 Å². The van der Waals surface area contributed by atoms with Crippen LogP contribution in [0.4, 0.5) is 4.79 Å². The summed E-state index contributed by atoms with van der Waals surface area (Å²) in [7, 11) is 0. The summed E-state index contributed by atoms with van der Waals surface area (Å²) < 4.78 is 5.15. The smallest absolute Gasteiger partial charge is 0.408 e. The van der Waals surface area contributed by atoms with E-state index in [9.17, 15) is 4.79 Å². The molecule has 126 valence electrons. The number of carbonyl (C=O) groups is 1. The molecule has 5 nitrogen and oxygen atoms in total. The molecule has 1 aromatic heterocycles. The van der Waals surface area contributed by atoms with E-state index in [-0.39, 0.29) is 6.54 Å². The maximum absolute atomic E-state index is 11.5. The number of carbonyl (C=O) groups excluding carboxylic acids is 1. The van der Waals surface area contributed by atoms with Gasteiger partial charge in [-0.1, -0.05) is 11.8 Å². The lowest BCUT2D eigenvalue weighted by atomic mass is 10.0. The third kappa shape index (κ3) is 7.41. The Labute approximate surface area is 143 Å². The Balaban J connectivity index is 2.82. The fourth-order valence-electron chi connectivity index (χ4n) is 1.77. The molecule has 0 fully saturated rings. The summed E-state index contributed by atoms with van der Waals surface area (Å²) in [5.74, 6) is 5.95. The maximum atomic E-state index is 11.5. The number of amides is 1. The summed E-state index contributed by atoms with van der Waals surface area (Å²) in [5, 5.41) is 2.60. The average molecular weight is 325 g/mol. The van der Waals surface area contributed by atoms with Gasteiger partial charge in [0.25, 0.3) is 0 Å². The molecule has 0 aliphatic carbocycles. The predicted molar refractivity (Wildman–Crippen MR) is 97.5 cm³/mol. The van der Waals surface area contributed by atoms with Crippen molar-refractivity contribution in [2.24, 2.45) is 4.99 Å². The number of alkyl carbamates (subject to hydrolysis) is 1. The number of hydrogen-bond acceptors (Lipinski definition) is 4. The Hall–Kier alpha value is -2.87. The fourth-order valence-corrected chi connectivity index (χ4v) is 1.77. The Morgan fingerprint density at radius 3 is 2.67 bits per heavy atom. The molecule has 1 heterocycles. The molecule has 1 aromatic rings. The fraction of sp³-hybridized carbons (Fsp3) is 0.316. The quantitative estimate of drug-likeness (QED) is 0.522. The standard InChI is InChI=1S/C19H23N3O2/c1-15(7-6-11-22-18(23)24-19(2,3)4)17(10-12-20-5)16-8-13-21-14-9-16/h8-10,12-14H,5,11H2,1-4H3,(H,22,23)/b12-10-,17-15-. The van der Waals surface area contributed by atoms with E-state index in [2.05, 4.69) is 33.9 Å². The lowest BCUT2D eigenvalue weighted by molar-refractivity contribution is 0.0535. The molecule has 24 heavy (non-hydrogen) atoms. The van der Waals surface area contributed by atoms with Crippen molar-refractivity contribution in [2.75, 3.05) is 6.54 Å². The summed E-state index contributed by atoms with van der Waals surface area (Å²) in [6.07, 6.45) is 6.40. The molecule has 0 aliphatic heterocycles. The zero-order chi connectivity index (χ0) is 18.0. The molecule has 0 saturated carbocycles. The minimum Gasteiger partial charge on any atom is -0.444 e. The highest BCUT2D eigenvalue weighted by Crippen LogP contribution is 2.19. The summed E-state index contributed by atoms with van der Waals surface area (Å²) >= 11 is 0. The highest BCUT2D eigenvalue weighted by atomic mass is 16.6. The van der Waals surface area contributed by atoms with Crippen molar-refractivity contribution in [3.8, 4) is 11.8 Å². The predicted octanol–water partition coefficient (Wildman–Crippen LogP) is 3.60. The Kier molecular flexibility index (Phi) is 7.44. The maximum Gasteiger partial charge on any atom is 0.408 e. The number of nitrogens with one attached hydrogen (secondary N) is 1. The van der Waals surface area contributed by atoms with E-state index in [4.69, 9.17) is 4.74 Å². The van der Waals surface area contributed by atoms with E-state index in [0.29, 0.717) is 0 Å². The van der Waals surface area contributed by atoms with Crippen LogP contribution in [0.25, 0.3) is 5.57 Å². The second-order valence-electron chi connectivity index (χ2n) is 5.93. The van der Waals surface area contributed by atoms with Crippen molar-refractivity contribution in [3.63, 3.8) is 0 Å². The summed E-state index contributed by atoms with van der Waals surface area (Å²) in [4.78, 5) is 19.3. The first-order chi connectivity index (χ1) is 11.3. The molecule has 0 aliphatic rings. The van der Waals surface area contributed by atoms with Crippen LogP contribution in [0.1, 0.15) is 33.3 Å². The van der Waals surface area contributed by atoms with Gasteiger partial charge in [0.15, 0.2) is 0 Å². The van der Waals surface area contributed by atoms with Crippen LogP contribution < -0.4 is 5.32 Å². The average Bonchev–Trinajstić information content (AvgIpc) is 2.51. The first-order valence-electron chi connectivity index (χ1n) is 7.53. The second kappa shape index (κ2) is 9.31. The summed E-state index contributed by atoms with van der Waals surface area (Å²) in [6.45, 7) is 11.0. The molecular weight excluding hydrogens is 302 g/mol. The van der Waals surface area contributed by atoms with Gasteiger partial charge in [0.1, 0.15) is 5.60 Å². The zero-order valence-corrected chi connectivity index (χ0v) is 14.6. The zero-order valence-electron chi connectivity index (χ0n) is 14.6. The van der Waals surface area contributed by atoms with Crippen LogP contribution in [0.2, 0.25) is 0 Å². The van der Waals surface area contributed by atoms with Gasteiger partial charge in [-0.05, 0) is 63.8 Å². The van der Waals surface area contributed by atoms with E-state index >= 15 is 0 Å². The Bertz CT molecular complexity index is 687. The lowest BCUT2D eigenvalue weighted by Gasteiger charge is -2.19. The first kappa shape index (κ1) is 19.2. The van der Waals surface area contributed by atoms with Gasteiger partial charge >= 0.3 is 6.09 Å². The number of allylic oxidation sites excluding steroid dienone is 3. The van der Waals surface area contributed by atoms with Gasteiger partial charge in [-0.3, -0.25) is 9.98 Å². The number of aromatic nitrogens is 1. The number of hydrogen-bond donors (Lipinski definition) is 1. The molecule has 0 aromatic carbocycles. The van der Waals surface area contributed by atoms with Gasteiger partial charge in [0.05, 0.1) is 6.54 Å². The van der Waals surface area contributed by atoms with Crippen LogP contribution in [0.15, 0.2) is 47.4 Å². The number of nitrogens with zero attached hydrogens (tertiary/aromatic N) is 2. The molecular formula is C19H23N3O2. The molecule has 1 N–H and O–H groups in total. The number of aliphatic imine (C=N–C) groups is 1. The molecule has 0 spiro atoms. The number of pyridine rings is 1. The topological polar surface area (TPSA) is 63.6 Å². The van der Waals surface area contributed by atoms with E-state index in [1.807, 2.05) is 45.9 Å². The van der Waals surface area contributed by atoms with E-state index in [1.165, 1.54) is 0 Å². The highest BCUT2D eigenvalue weighted by Gasteiger charge is 2.15. The molecule has 1 rings (SSSR count). The van der Waals surface area contributed by atoms with Crippen LogP contribution in [-0.2, 0) is 4.74 Å². The summed E-state index contributed by atoms with van der Waals surface area (Å²) in [5.41, 5.74) is 2.24. The van der Waals surface area contributed by atoms with E-state index in [0.717, 1.165) is 16.7 Å². The van der Waals surface area contributed by atoms with Gasteiger partial charge < -0.3 is 10.1 Å². The lowest BCUT2D eigenvalue weighted by Crippen LogP contribution is -2.32. The van der Waals surface area contributed by atoms with Gasteiger partial charge in [-0.25, -0.2) is 4.79 Å². The third-order valence-corrected chi connectivity index (χ3v) is 2.74. The first-order valence-corrected chi connectivity index (χ1v) is 7.53. The molecule has 0 unspecified atom stereocenters. The Morgan fingerprint density at radius 2 is 2.08 bits per heavy atom. The minimum absolute atomic E-state index is 0.208. The van der Waals surface area contributed by atoms with Gasteiger partial charge in [-0.15, -0.1) is 0 Å². The van der Waals surface area contributed by atoms with Crippen LogP contribution >= 0.6 is 0 Å². The number of ether oxygens (including phenoxy) is 1. The van der Waals surface area contributed by atoms with Gasteiger partial charge in [-0.2, -0.15) is 0 Å². The van der Waals surface area contributed by atoms with Crippen LogP contribution in [-0.4, -0.2) is 29.9 Å². The molecule has 1 amide bonds. The minimum atomic E-state index is -0.523. The normalized spacial score (nSPS) is 12.0. The van der Waals surface area contributed by atoms with Gasteiger partial charge in [0.2, 0.25) is 0 Å². The largest absolute Gasteiger partial charge is 0.444 e. The monoisotopic (exact) mass is 325 g/mol. The van der Waals surface area contributed by atoms with E-state index < -0.39 is 11.7 Å². The van der Waals surface area contributed by atoms with E-state index in [1.54, 1.807) is 18.6 Å². The third-order valence-electron chi connectivity index (χ3n) is 2.74. The second-order valence-corrected chi connectivity index (χ2v) is 5.93. The number of rotatable bonds is 4. The summed E-state index contributed by atoms with van der Waals surface area (Å²) in [6, 6.07) is 3.79. The molecule has 0 saturated heterocycles. The Morgan fingerprint density at radius 1 is 1.42 bits per heavy atom. The molecule has 0 atom stereocenters. The van der Waals surface area contributed by atoms with Crippen LogP contribution in [0, 0.1) is 11.8 Å². The highest BCUT2D eigenvalue weighted by molar-refractivity contribution is 5.79. The SMILES string of the molecule is C=N/C=C\C(=C(/C)C#CCNC(=O)OC(C)(C)C)c1ccncc1. The van der Waals surface area contributed by atoms with Crippen LogP contribution in [0.5, 0.6) is 0 Å². The molecule has 0 bridgehead atoms. The van der Waals surface area contributed by atoms with Crippen molar-refractivity contribution < 1.29 is 9.53 Å². The van der Waals surface area contributed by atoms with Gasteiger partial charge in [0, 0.05) is 24.2 Å². The van der Waals surface area contributed by atoms with Crippen LogP contribution in [0.3, 0.4) is 0 Å².